The van der Waals surface area contributed by atoms with E-state index >= 15 is 0 Å². The molecule has 0 aliphatic carbocycles. The number of rotatable bonds is 5. The molecule has 4 heterocycles. The maximum absolute atomic E-state index is 4.63. The van der Waals surface area contributed by atoms with Crippen molar-refractivity contribution in [1.82, 2.24) is 24.8 Å². The van der Waals surface area contributed by atoms with Crippen LogP contribution >= 0.6 is 0 Å². The summed E-state index contributed by atoms with van der Waals surface area (Å²) in [6.07, 6.45) is 9.21. The van der Waals surface area contributed by atoms with E-state index in [4.69, 9.17) is 0 Å². The lowest BCUT2D eigenvalue weighted by Crippen LogP contribution is -2.32. The topological polar surface area (TPSA) is 66.8 Å². The van der Waals surface area contributed by atoms with Crippen molar-refractivity contribution in [1.29, 1.82) is 0 Å². The SMILES string of the molecule is Cc1cccc(CN2CCC(c3ccnc(Nc4cnccn4)c3)CC2)n1. The molecule has 0 unspecified atom stereocenters. The molecule has 0 spiro atoms. The number of nitrogens with zero attached hydrogens (tertiary/aromatic N) is 5. The van der Waals surface area contributed by atoms with Gasteiger partial charge in [-0.25, -0.2) is 9.97 Å². The molecule has 0 radical (unpaired) electrons. The minimum atomic E-state index is 0.567. The van der Waals surface area contributed by atoms with Crippen molar-refractivity contribution in [2.75, 3.05) is 18.4 Å². The monoisotopic (exact) mass is 360 g/mol. The Kier molecular flexibility index (Phi) is 5.34. The fraction of sp³-hybridized carbons (Fsp3) is 0.333. The van der Waals surface area contributed by atoms with E-state index < -0.39 is 0 Å². The van der Waals surface area contributed by atoms with Crippen LogP contribution in [0.25, 0.3) is 0 Å². The van der Waals surface area contributed by atoms with Gasteiger partial charge < -0.3 is 5.32 Å². The average molecular weight is 360 g/mol. The molecule has 3 aromatic heterocycles. The van der Waals surface area contributed by atoms with Crippen molar-refractivity contribution < 1.29 is 0 Å². The Morgan fingerprint density at radius 1 is 1.04 bits per heavy atom. The summed E-state index contributed by atoms with van der Waals surface area (Å²) in [5.41, 5.74) is 3.58. The Morgan fingerprint density at radius 2 is 1.89 bits per heavy atom. The summed E-state index contributed by atoms with van der Waals surface area (Å²) in [7, 11) is 0. The van der Waals surface area contributed by atoms with E-state index in [2.05, 4.69) is 54.4 Å². The van der Waals surface area contributed by atoms with E-state index in [0.717, 1.165) is 49.7 Å². The van der Waals surface area contributed by atoms with Crippen molar-refractivity contribution in [2.45, 2.75) is 32.2 Å². The fourth-order valence-electron chi connectivity index (χ4n) is 3.61. The maximum atomic E-state index is 4.63. The number of anilines is 2. The zero-order valence-corrected chi connectivity index (χ0v) is 15.5. The van der Waals surface area contributed by atoms with Gasteiger partial charge in [0, 0.05) is 30.8 Å². The smallest absolute Gasteiger partial charge is 0.150 e. The predicted octanol–water partition coefficient (Wildman–Crippen LogP) is 3.70. The Bertz CT molecular complexity index is 875. The van der Waals surface area contributed by atoms with Crippen LogP contribution in [-0.2, 0) is 6.54 Å². The summed E-state index contributed by atoms with van der Waals surface area (Å²) in [4.78, 5) is 19.9. The quantitative estimate of drug-likeness (QED) is 0.748. The van der Waals surface area contributed by atoms with E-state index in [1.807, 2.05) is 19.2 Å². The van der Waals surface area contributed by atoms with Gasteiger partial charge in [0.1, 0.15) is 11.6 Å². The van der Waals surface area contributed by atoms with E-state index in [1.54, 1.807) is 18.6 Å². The highest BCUT2D eigenvalue weighted by Gasteiger charge is 2.21. The summed E-state index contributed by atoms with van der Waals surface area (Å²) >= 11 is 0. The molecule has 138 valence electrons. The van der Waals surface area contributed by atoms with Gasteiger partial charge in [0.15, 0.2) is 0 Å². The molecule has 1 fully saturated rings. The Labute approximate surface area is 159 Å². The van der Waals surface area contributed by atoms with Crippen LogP contribution in [0.1, 0.15) is 35.7 Å². The van der Waals surface area contributed by atoms with Crippen LogP contribution in [0.4, 0.5) is 11.6 Å². The minimum absolute atomic E-state index is 0.567. The number of hydrogen-bond donors (Lipinski definition) is 1. The van der Waals surface area contributed by atoms with E-state index in [1.165, 1.54) is 5.56 Å². The predicted molar refractivity (Wildman–Crippen MR) is 106 cm³/mol. The molecule has 0 saturated carbocycles. The summed E-state index contributed by atoms with van der Waals surface area (Å²) in [6, 6.07) is 10.5. The first kappa shape index (κ1) is 17.5. The van der Waals surface area contributed by atoms with Crippen LogP contribution in [0, 0.1) is 6.92 Å². The summed E-state index contributed by atoms with van der Waals surface area (Å²) in [6.45, 7) is 5.17. The van der Waals surface area contributed by atoms with Gasteiger partial charge in [0.25, 0.3) is 0 Å². The van der Waals surface area contributed by atoms with Crippen LogP contribution in [0.15, 0.2) is 55.1 Å². The molecule has 0 atom stereocenters. The number of aromatic nitrogens is 4. The van der Waals surface area contributed by atoms with Crippen LogP contribution < -0.4 is 5.32 Å². The average Bonchev–Trinajstić information content (AvgIpc) is 2.70. The first-order chi connectivity index (χ1) is 13.3. The molecule has 4 rings (SSSR count). The third-order valence-corrected chi connectivity index (χ3v) is 4.99. The Hall–Kier alpha value is -2.86. The number of hydrogen-bond acceptors (Lipinski definition) is 6. The van der Waals surface area contributed by atoms with E-state index in [9.17, 15) is 0 Å². The normalized spacial score (nSPS) is 15.6. The number of nitrogens with one attached hydrogen (secondary N) is 1. The number of pyridine rings is 2. The van der Waals surface area contributed by atoms with Crippen LogP contribution in [0.5, 0.6) is 0 Å². The van der Waals surface area contributed by atoms with Crippen molar-refractivity contribution in [3.63, 3.8) is 0 Å². The molecule has 0 aromatic carbocycles. The number of likely N-dealkylation sites (tertiary alicyclic amines) is 1. The molecule has 27 heavy (non-hydrogen) atoms. The van der Waals surface area contributed by atoms with E-state index in [0.29, 0.717) is 11.7 Å². The van der Waals surface area contributed by atoms with Gasteiger partial charge in [-0.05, 0) is 68.6 Å². The molecule has 1 aliphatic rings. The van der Waals surface area contributed by atoms with Gasteiger partial charge in [-0.15, -0.1) is 0 Å². The van der Waals surface area contributed by atoms with Gasteiger partial charge in [0.05, 0.1) is 11.9 Å². The molecule has 3 aromatic rings. The third kappa shape index (κ3) is 4.65. The van der Waals surface area contributed by atoms with E-state index in [-0.39, 0.29) is 0 Å². The number of aryl methyl sites for hydroxylation is 1. The first-order valence-electron chi connectivity index (χ1n) is 9.40. The first-order valence-corrected chi connectivity index (χ1v) is 9.40. The third-order valence-electron chi connectivity index (χ3n) is 4.99. The number of piperidine rings is 1. The second-order valence-electron chi connectivity index (χ2n) is 7.01. The van der Waals surface area contributed by atoms with Gasteiger partial charge in [-0.3, -0.25) is 14.9 Å². The maximum Gasteiger partial charge on any atom is 0.150 e. The Balaban J connectivity index is 1.36. The van der Waals surface area contributed by atoms with Crippen molar-refractivity contribution in [3.05, 3.63) is 72.1 Å². The largest absolute Gasteiger partial charge is 0.324 e. The van der Waals surface area contributed by atoms with Crippen molar-refractivity contribution in [2.24, 2.45) is 0 Å². The minimum Gasteiger partial charge on any atom is -0.324 e. The lowest BCUT2D eigenvalue weighted by atomic mass is 9.90. The van der Waals surface area contributed by atoms with Crippen molar-refractivity contribution in [3.8, 4) is 0 Å². The summed E-state index contributed by atoms with van der Waals surface area (Å²) in [5.74, 6) is 2.10. The molecule has 0 bridgehead atoms. The highest BCUT2D eigenvalue weighted by atomic mass is 15.1. The molecule has 6 nitrogen and oxygen atoms in total. The lowest BCUT2D eigenvalue weighted by molar-refractivity contribution is 0.202. The standard InChI is InChI=1S/C21H24N6/c1-16-3-2-4-19(25-16)15-27-11-6-17(7-12-27)18-5-8-23-20(13-18)26-21-14-22-9-10-24-21/h2-5,8-10,13-14,17H,6-7,11-12,15H2,1H3,(H,23,24,26). The molecule has 1 saturated heterocycles. The van der Waals surface area contributed by atoms with Gasteiger partial charge in [-0.2, -0.15) is 0 Å². The molecular formula is C21H24N6. The van der Waals surface area contributed by atoms with Crippen LogP contribution in [-0.4, -0.2) is 37.9 Å². The molecule has 6 heteroatoms. The lowest BCUT2D eigenvalue weighted by Gasteiger charge is -2.32. The highest BCUT2D eigenvalue weighted by Crippen LogP contribution is 2.29. The van der Waals surface area contributed by atoms with Crippen LogP contribution in [0.2, 0.25) is 0 Å². The molecular weight excluding hydrogens is 336 g/mol. The van der Waals surface area contributed by atoms with Gasteiger partial charge in [0.2, 0.25) is 0 Å². The molecule has 0 amide bonds. The zero-order valence-electron chi connectivity index (χ0n) is 15.5. The van der Waals surface area contributed by atoms with Crippen LogP contribution in [0.3, 0.4) is 0 Å². The second-order valence-corrected chi connectivity index (χ2v) is 7.01. The Morgan fingerprint density at radius 3 is 2.67 bits per heavy atom. The van der Waals surface area contributed by atoms with Crippen molar-refractivity contribution >= 4 is 11.6 Å². The summed E-state index contributed by atoms with van der Waals surface area (Å²) < 4.78 is 0. The zero-order chi connectivity index (χ0) is 18.5. The molecule has 1 aliphatic heterocycles. The highest BCUT2D eigenvalue weighted by molar-refractivity contribution is 5.51. The second kappa shape index (κ2) is 8.22. The van der Waals surface area contributed by atoms with Gasteiger partial charge >= 0.3 is 0 Å². The fourth-order valence-corrected chi connectivity index (χ4v) is 3.61. The van der Waals surface area contributed by atoms with Gasteiger partial charge in [-0.1, -0.05) is 6.07 Å². The summed E-state index contributed by atoms with van der Waals surface area (Å²) in [5, 5.41) is 3.23. The molecule has 1 N–H and O–H groups in total.